The molecule has 1 unspecified atom stereocenters. The number of benzene rings is 2. The van der Waals surface area contributed by atoms with Crippen LogP contribution >= 0.6 is 0 Å². The van der Waals surface area contributed by atoms with Crippen molar-refractivity contribution in [3.8, 4) is 11.1 Å². The predicted molar refractivity (Wildman–Crippen MR) is 108 cm³/mol. The zero-order valence-electron chi connectivity index (χ0n) is 14.8. The van der Waals surface area contributed by atoms with E-state index in [1.54, 1.807) is 0 Å². The number of fused-ring (bicyclic) bond motifs is 1. The summed E-state index contributed by atoms with van der Waals surface area (Å²) in [5, 5.41) is 0. The van der Waals surface area contributed by atoms with Crippen LogP contribution in [0.1, 0.15) is 37.7 Å². The number of rotatable bonds is 4. The van der Waals surface area contributed by atoms with E-state index >= 15 is 0 Å². The summed E-state index contributed by atoms with van der Waals surface area (Å²) in [6.45, 7) is 2.25. The second kappa shape index (κ2) is 7.11. The minimum absolute atomic E-state index is 0.459. The average molecular weight is 324 g/mol. The smallest absolute Gasteiger partial charge is 0.0130 e. The Labute approximate surface area is 150 Å². The monoisotopic (exact) mass is 324 g/mol. The van der Waals surface area contributed by atoms with Gasteiger partial charge in [0.15, 0.2) is 0 Å². The molecule has 0 aliphatic heterocycles. The third-order valence-electron chi connectivity index (χ3n) is 5.13. The Bertz CT molecular complexity index is 858. The second-order valence-corrected chi connectivity index (χ2v) is 6.90. The topological polar surface area (TPSA) is 0 Å². The molecule has 4 rings (SSSR count). The Morgan fingerprint density at radius 3 is 2.40 bits per heavy atom. The van der Waals surface area contributed by atoms with Crippen LogP contribution in [0.4, 0.5) is 0 Å². The molecule has 0 heteroatoms. The second-order valence-electron chi connectivity index (χ2n) is 6.90. The maximum atomic E-state index is 2.43. The van der Waals surface area contributed by atoms with Crippen molar-refractivity contribution in [1.29, 1.82) is 0 Å². The summed E-state index contributed by atoms with van der Waals surface area (Å²) in [7, 11) is 0. The first kappa shape index (κ1) is 15.9. The van der Waals surface area contributed by atoms with Crippen molar-refractivity contribution in [2.24, 2.45) is 0 Å². The van der Waals surface area contributed by atoms with Crippen molar-refractivity contribution in [1.82, 2.24) is 0 Å². The molecule has 0 heterocycles. The molecule has 25 heavy (non-hydrogen) atoms. The van der Waals surface area contributed by atoms with E-state index in [0.717, 1.165) is 6.42 Å². The summed E-state index contributed by atoms with van der Waals surface area (Å²) < 4.78 is 0. The molecule has 124 valence electrons. The van der Waals surface area contributed by atoms with Crippen LogP contribution in [-0.2, 0) is 0 Å². The van der Waals surface area contributed by atoms with Gasteiger partial charge in [-0.05, 0) is 46.3 Å². The molecular weight excluding hydrogens is 300 g/mol. The van der Waals surface area contributed by atoms with Crippen molar-refractivity contribution < 1.29 is 0 Å². The van der Waals surface area contributed by atoms with E-state index in [1.807, 2.05) is 0 Å². The fraction of sp³-hybridized carbons (Fsp3) is 0.200. The summed E-state index contributed by atoms with van der Waals surface area (Å²) in [4.78, 5) is 0. The van der Waals surface area contributed by atoms with Crippen molar-refractivity contribution in [3.63, 3.8) is 0 Å². The first-order chi connectivity index (χ1) is 12.3. The molecule has 0 aromatic heterocycles. The van der Waals surface area contributed by atoms with Gasteiger partial charge in [0, 0.05) is 5.92 Å². The number of allylic oxidation sites excluding steroid dienone is 8. The van der Waals surface area contributed by atoms with Crippen LogP contribution in [-0.4, -0.2) is 0 Å². The number of hydrogen-bond donors (Lipinski definition) is 0. The Hall–Kier alpha value is -2.60. The minimum atomic E-state index is 0.459. The Balaban J connectivity index is 1.64. The fourth-order valence-electron chi connectivity index (χ4n) is 3.85. The van der Waals surface area contributed by atoms with Gasteiger partial charge in [-0.2, -0.15) is 0 Å². The molecule has 1 atom stereocenters. The van der Waals surface area contributed by atoms with E-state index in [4.69, 9.17) is 0 Å². The average Bonchev–Trinajstić information content (AvgIpc) is 2.95. The Kier molecular flexibility index (Phi) is 4.52. The molecule has 2 aliphatic rings. The lowest BCUT2D eigenvalue weighted by atomic mass is 9.86. The van der Waals surface area contributed by atoms with E-state index in [2.05, 4.69) is 91.9 Å². The highest BCUT2D eigenvalue weighted by Gasteiger charge is 2.23. The minimum Gasteiger partial charge on any atom is -0.0836 e. The molecule has 0 fully saturated rings. The number of hydrogen-bond acceptors (Lipinski definition) is 0. The zero-order chi connectivity index (χ0) is 17.1. The Morgan fingerprint density at radius 1 is 0.880 bits per heavy atom. The maximum Gasteiger partial charge on any atom is 0.0130 e. The van der Waals surface area contributed by atoms with Gasteiger partial charge in [0.2, 0.25) is 0 Å². The van der Waals surface area contributed by atoms with Gasteiger partial charge in [-0.25, -0.2) is 0 Å². The summed E-state index contributed by atoms with van der Waals surface area (Å²) in [6.07, 6.45) is 15.0. The van der Waals surface area contributed by atoms with Crippen LogP contribution in [0.5, 0.6) is 0 Å². The molecule has 0 N–H and O–H groups in total. The summed E-state index contributed by atoms with van der Waals surface area (Å²) in [5.74, 6) is 0.459. The van der Waals surface area contributed by atoms with E-state index in [1.165, 1.54) is 46.3 Å². The first-order valence-corrected chi connectivity index (χ1v) is 9.30. The third-order valence-corrected chi connectivity index (χ3v) is 5.13. The van der Waals surface area contributed by atoms with Crippen LogP contribution < -0.4 is 0 Å². The van der Waals surface area contributed by atoms with E-state index in [0.29, 0.717) is 5.92 Å². The van der Waals surface area contributed by atoms with Crippen molar-refractivity contribution in [2.45, 2.75) is 32.1 Å². The molecule has 0 saturated heterocycles. The van der Waals surface area contributed by atoms with Crippen LogP contribution in [0, 0.1) is 0 Å². The Morgan fingerprint density at radius 2 is 1.64 bits per heavy atom. The highest BCUT2D eigenvalue weighted by Crippen LogP contribution is 2.40. The van der Waals surface area contributed by atoms with E-state index in [9.17, 15) is 0 Å². The van der Waals surface area contributed by atoms with Gasteiger partial charge in [-0.1, -0.05) is 98.3 Å². The molecule has 2 aliphatic carbocycles. The maximum absolute atomic E-state index is 2.43. The van der Waals surface area contributed by atoms with E-state index in [-0.39, 0.29) is 0 Å². The molecular formula is C25H24. The molecule has 0 spiro atoms. The van der Waals surface area contributed by atoms with Crippen molar-refractivity contribution >= 4 is 0 Å². The fourth-order valence-corrected chi connectivity index (χ4v) is 3.85. The molecule has 0 radical (unpaired) electrons. The summed E-state index contributed by atoms with van der Waals surface area (Å²) in [6, 6.07) is 19.7. The normalized spacial score (nSPS) is 18.9. The van der Waals surface area contributed by atoms with Gasteiger partial charge in [0.25, 0.3) is 0 Å². The van der Waals surface area contributed by atoms with Crippen LogP contribution in [0.25, 0.3) is 11.1 Å². The molecule has 2 aromatic carbocycles. The molecule has 0 nitrogen and oxygen atoms in total. The molecule has 0 saturated carbocycles. The van der Waals surface area contributed by atoms with Gasteiger partial charge < -0.3 is 0 Å². The van der Waals surface area contributed by atoms with E-state index < -0.39 is 0 Å². The first-order valence-electron chi connectivity index (χ1n) is 9.30. The standard InChI is InChI=1S/C25H24/c1-2-8-19-17-23-11-6-7-12-24(25(23)18-19)22-15-13-21(14-16-22)20-9-4-3-5-10-20/h3-7,9-11,13-18,24H,2,8,12H2,1H3. The molecule has 0 bridgehead atoms. The van der Waals surface area contributed by atoms with Gasteiger partial charge >= 0.3 is 0 Å². The van der Waals surface area contributed by atoms with Crippen molar-refractivity contribution in [2.75, 3.05) is 0 Å². The lowest BCUT2D eigenvalue weighted by Gasteiger charge is -2.18. The zero-order valence-corrected chi connectivity index (χ0v) is 14.8. The van der Waals surface area contributed by atoms with Crippen LogP contribution in [0.15, 0.2) is 102 Å². The van der Waals surface area contributed by atoms with Gasteiger partial charge in [0.05, 0.1) is 0 Å². The van der Waals surface area contributed by atoms with Gasteiger partial charge in [-0.3, -0.25) is 0 Å². The third kappa shape index (κ3) is 3.30. The predicted octanol–water partition coefficient (Wildman–Crippen LogP) is 6.99. The molecule has 2 aromatic rings. The van der Waals surface area contributed by atoms with Gasteiger partial charge in [0.1, 0.15) is 0 Å². The SMILES string of the molecule is CCCC1=CC2=CC=CCC(c3ccc(-c4ccccc4)cc3)C2=C1. The quantitative estimate of drug-likeness (QED) is 0.568. The lowest BCUT2D eigenvalue weighted by Crippen LogP contribution is -2.01. The highest BCUT2D eigenvalue weighted by atomic mass is 14.3. The largest absolute Gasteiger partial charge is 0.0836 e. The molecule has 0 amide bonds. The lowest BCUT2D eigenvalue weighted by molar-refractivity contribution is 0.827. The van der Waals surface area contributed by atoms with Crippen LogP contribution in [0.3, 0.4) is 0 Å². The van der Waals surface area contributed by atoms with Crippen molar-refractivity contribution in [3.05, 3.63) is 107 Å². The van der Waals surface area contributed by atoms with Crippen LogP contribution in [0.2, 0.25) is 0 Å². The van der Waals surface area contributed by atoms with Gasteiger partial charge in [-0.15, -0.1) is 0 Å². The highest BCUT2D eigenvalue weighted by molar-refractivity contribution is 5.65. The summed E-state index contributed by atoms with van der Waals surface area (Å²) >= 11 is 0. The summed E-state index contributed by atoms with van der Waals surface area (Å²) in [5.41, 5.74) is 8.34.